The fourth-order valence-electron chi connectivity index (χ4n) is 4.04. The Morgan fingerprint density at radius 2 is 1.27 bits per heavy atom. The minimum absolute atomic E-state index is 0. The second-order valence-corrected chi connectivity index (χ2v) is 10.0. The second-order valence-electron chi connectivity index (χ2n) is 8.99. The number of nitriles is 2. The Balaban J connectivity index is 0.000000360. The molecule has 7 N–H and O–H groups in total. The number of carbonyl (C=O) groups excluding carboxylic acids is 1. The predicted molar refractivity (Wildman–Crippen MR) is 176 cm³/mol. The summed E-state index contributed by atoms with van der Waals surface area (Å²) < 4.78 is 43.1. The SMILES string of the molecule is C.CCOc1ccc(C(=O)O)c(F)c1C#N.CCOc1ccc(CO)c(F)c1C#N.CCOc1ccc(CO)c2sc(C(N)=O)c(N)c12. The van der Waals surface area contributed by atoms with Gasteiger partial charge in [0.25, 0.3) is 5.91 Å². The van der Waals surface area contributed by atoms with E-state index in [4.69, 9.17) is 46.4 Å². The molecule has 4 rings (SSSR count). The van der Waals surface area contributed by atoms with Crippen molar-refractivity contribution in [1.82, 2.24) is 0 Å². The largest absolute Gasteiger partial charge is 0.493 e. The summed E-state index contributed by atoms with van der Waals surface area (Å²) in [6.45, 7) is 5.89. The molecule has 3 aromatic carbocycles. The molecular formula is C33H36F2N4O8S. The van der Waals surface area contributed by atoms with Gasteiger partial charge in [0, 0.05) is 10.3 Å². The maximum atomic E-state index is 13.4. The van der Waals surface area contributed by atoms with Crippen LogP contribution < -0.4 is 25.7 Å². The number of anilines is 1. The van der Waals surface area contributed by atoms with Gasteiger partial charge in [-0.05, 0) is 50.6 Å². The zero-order valence-electron chi connectivity index (χ0n) is 25.6. The van der Waals surface area contributed by atoms with Gasteiger partial charge in [0.05, 0.1) is 49.7 Å². The number of nitrogens with two attached hydrogens (primary N) is 2. The second kappa shape index (κ2) is 19.2. The average Bonchev–Trinajstić information content (AvgIpc) is 3.40. The molecule has 1 heterocycles. The highest BCUT2D eigenvalue weighted by molar-refractivity contribution is 7.21. The molecule has 0 aliphatic heterocycles. The number of aliphatic hydroxyl groups is 2. The monoisotopic (exact) mass is 686 g/mol. The molecule has 0 aliphatic carbocycles. The van der Waals surface area contributed by atoms with Gasteiger partial charge in [0.15, 0.2) is 5.82 Å². The zero-order chi connectivity index (χ0) is 35.3. The van der Waals surface area contributed by atoms with Gasteiger partial charge >= 0.3 is 5.97 Å². The van der Waals surface area contributed by atoms with Crippen molar-refractivity contribution >= 4 is 39.0 Å². The van der Waals surface area contributed by atoms with Crippen LogP contribution in [0.25, 0.3) is 10.1 Å². The van der Waals surface area contributed by atoms with E-state index in [9.17, 15) is 23.5 Å². The molecule has 0 radical (unpaired) electrons. The number of ether oxygens (including phenoxy) is 3. The maximum Gasteiger partial charge on any atom is 0.338 e. The quantitative estimate of drug-likeness (QED) is 0.140. The Bertz CT molecular complexity index is 1830. The molecule has 0 aliphatic rings. The summed E-state index contributed by atoms with van der Waals surface area (Å²) in [4.78, 5) is 22.2. The topological polar surface area (TPSA) is 222 Å². The normalized spacial score (nSPS) is 9.77. The molecule has 0 saturated heterocycles. The average molecular weight is 687 g/mol. The number of nitrogen functional groups attached to an aromatic ring is 1. The van der Waals surface area contributed by atoms with E-state index in [1.54, 1.807) is 38.1 Å². The lowest BCUT2D eigenvalue weighted by atomic mass is 10.1. The summed E-state index contributed by atoms with van der Waals surface area (Å²) >= 11 is 1.18. The molecule has 48 heavy (non-hydrogen) atoms. The molecule has 1 amide bonds. The van der Waals surface area contributed by atoms with Crippen molar-refractivity contribution in [3.8, 4) is 29.4 Å². The number of aliphatic hydroxyl groups excluding tert-OH is 2. The van der Waals surface area contributed by atoms with Crippen molar-refractivity contribution in [2.75, 3.05) is 25.6 Å². The number of aromatic carboxylic acids is 1. The molecule has 4 aromatic rings. The lowest BCUT2D eigenvalue weighted by molar-refractivity contribution is 0.0691. The third-order valence-corrected chi connectivity index (χ3v) is 7.42. The summed E-state index contributed by atoms with van der Waals surface area (Å²) in [7, 11) is 0. The number of thiophene rings is 1. The highest BCUT2D eigenvalue weighted by Crippen LogP contribution is 2.41. The number of hydrogen-bond acceptors (Lipinski definition) is 11. The van der Waals surface area contributed by atoms with Crippen molar-refractivity contribution in [1.29, 1.82) is 10.5 Å². The highest BCUT2D eigenvalue weighted by atomic mass is 32.1. The predicted octanol–water partition coefficient (Wildman–Crippen LogP) is 5.49. The molecule has 0 unspecified atom stereocenters. The molecule has 0 spiro atoms. The molecule has 0 saturated carbocycles. The van der Waals surface area contributed by atoms with E-state index < -0.39 is 35.7 Å². The Morgan fingerprint density at radius 1 is 0.812 bits per heavy atom. The number of primary amides is 1. The first-order valence-corrected chi connectivity index (χ1v) is 14.7. The number of hydrogen-bond donors (Lipinski definition) is 5. The number of carboxylic acid groups (broad SMARTS) is 1. The smallest absolute Gasteiger partial charge is 0.338 e. The highest BCUT2D eigenvalue weighted by Gasteiger charge is 2.20. The summed E-state index contributed by atoms with van der Waals surface area (Å²) in [6, 6.07) is 12.0. The third kappa shape index (κ3) is 9.29. The first-order valence-electron chi connectivity index (χ1n) is 13.9. The Labute approximate surface area is 279 Å². The minimum Gasteiger partial charge on any atom is -0.493 e. The number of carbonyl (C=O) groups is 2. The van der Waals surface area contributed by atoms with Gasteiger partial charge < -0.3 is 41.0 Å². The molecular weight excluding hydrogens is 650 g/mol. The zero-order valence-corrected chi connectivity index (χ0v) is 26.4. The number of halogens is 2. The van der Waals surface area contributed by atoms with Crippen LogP contribution in [-0.2, 0) is 13.2 Å². The van der Waals surface area contributed by atoms with Crippen molar-refractivity contribution in [2.45, 2.75) is 41.4 Å². The van der Waals surface area contributed by atoms with Crippen molar-refractivity contribution in [3.63, 3.8) is 0 Å². The standard InChI is InChI=1S/C12H14N2O3S.C10H8FNO3.C10H10FNO2.CH4/c1-2-17-7-4-3-6(5-15)10-8(7)9(13)11(18-10)12(14)16;1-2-15-8-4-3-6(10(13)14)9(11)7(8)5-12;1-2-14-9-4-3-7(6-13)10(11)8(9)5-12;/h3-4,15H,2,5,13H2,1H3,(H2,14,16);3-4H,2H2,1H3,(H,13,14);3-4,13H,2,6H2,1H3;1H4. The van der Waals surface area contributed by atoms with Gasteiger partial charge in [-0.1, -0.05) is 19.6 Å². The minimum atomic E-state index is -1.41. The van der Waals surface area contributed by atoms with Crippen LogP contribution in [0.2, 0.25) is 0 Å². The van der Waals surface area contributed by atoms with E-state index >= 15 is 0 Å². The summed E-state index contributed by atoms with van der Waals surface area (Å²) in [5, 5.41) is 44.7. The summed E-state index contributed by atoms with van der Waals surface area (Å²) in [5.74, 6) is -2.87. The molecule has 0 atom stereocenters. The number of nitrogens with zero attached hydrogens (tertiary/aromatic N) is 2. The van der Waals surface area contributed by atoms with Gasteiger partial charge in [0.2, 0.25) is 0 Å². The Morgan fingerprint density at radius 3 is 1.73 bits per heavy atom. The number of rotatable bonds is 10. The number of fused-ring (bicyclic) bond motifs is 1. The lowest BCUT2D eigenvalue weighted by Gasteiger charge is -2.07. The fraction of sp³-hybridized carbons (Fsp3) is 0.273. The van der Waals surface area contributed by atoms with E-state index in [1.165, 1.54) is 29.5 Å². The lowest BCUT2D eigenvalue weighted by Crippen LogP contribution is -2.10. The number of carboxylic acids is 1. The summed E-state index contributed by atoms with van der Waals surface area (Å²) in [6.07, 6.45) is 0. The van der Waals surface area contributed by atoms with Crippen LogP contribution >= 0.6 is 11.3 Å². The molecule has 0 fully saturated rings. The first kappa shape index (κ1) is 40.5. The Kier molecular flexibility index (Phi) is 16.3. The van der Waals surface area contributed by atoms with E-state index in [0.29, 0.717) is 40.5 Å². The maximum absolute atomic E-state index is 13.4. The van der Waals surface area contributed by atoms with Gasteiger partial charge in [-0.2, -0.15) is 10.5 Å². The van der Waals surface area contributed by atoms with E-state index in [0.717, 1.165) is 10.8 Å². The van der Waals surface area contributed by atoms with Crippen LogP contribution in [0, 0.1) is 34.3 Å². The van der Waals surface area contributed by atoms with Crippen LogP contribution in [0.5, 0.6) is 17.2 Å². The van der Waals surface area contributed by atoms with Gasteiger partial charge in [-0.25, -0.2) is 13.6 Å². The molecule has 0 bridgehead atoms. The van der Waals surface area contributed by atoms with Crippen molar-refractivity contribution < 1.29 is 47.9 Å². The van der Waals surface area contributed by atoms with Crippen molar-refractivity contribution in [3.05, 3.63) is 80.7 Å². The number of benzene rings is 3. The van der Waals surface area contributed by atoms with Crippen LogP contribution in [0.4, 0.5) is 14.5 Å². The van der Waals surface area contributed by atoms with E-state index in [-0.39, 0.29) is 48.8 Å². The Hall–Kier alpha value is -5.48. The van der Waals surface area contributed by atoms with E-state index in [2.05, 4.69) is 0 Å². The van der Waals surface area contributed by atoms with Crippen LogP contribution in [0.15, 0.2) is 36.4 Å². The van der Waals surface area contributed by atoms with Gasteiger partial charge in [0.1, 0.15) is 51.2 Å². The first-order chi connectivity index (χ1) is 22.4. The molecule has 256 valence electrons. The fourth-order valence-corrected chi connectivity index (χ4v) is 5.13. The van der Waals surface area contributed by atoms with Crippen LogP contribution in [0.3, 0.4) is 0 Å². The van der Waals surface area contributed by atoms with E-state index in [1.807, 2.05) is 6.92 Å². The summed E-state index contributed by atoms with van der Waals surface area (Å²) in [5.41, 5.74) is 11.3. The molecule has 1 aromatic heterocycles. The van der Waals surface area contributed by atoms with Gasteiger partial charge in [-0.15, -0.1) is 11.3 Å². The van der Waals surface area contributed by atoms with Crippen LogP contribution in [-0.4, -0.2) is 47.0 Å². The van der Waals surface area contributed by atoms with Crippen LogP contribution in [0.1, 0.15) is 70.5 Å². The van der Waals surface area contributed by atoms with Gasteiger partial charge in [-0.3, -0.25) is 4.79 Å². The van der Waals surface area contributed by atoms with Crippen molar-refractivity contribution in [2.24, 2.45) is 5.73 Å². The molecule has 12 nitrogen and oxygen atoms in total. The molecule has 15 heteroatoms. The third-order valence-electron chi connectivity index (χ3n) is 6.12. The number of amides is 1.